The number of hydrogen-bond acceptors (Lipinski definition) is 7. The smallest absolute Gasteiger partial charge is 0.264 e. The molecule has 5 rings (SSSR count). The summed E-state index contributed by atoms with van der Waals surface area (Å²) in [6, 6.07) is 14.0. The average Bonchev–Trinajstić information content (AvgIpc) is 2.89. The van der Waals surface area contributed by atoms with Crippen LogP contribution in [0.1, 0.15) is 49.7 Å². The summed E-state index contributed by atoms with van der Waals surface area (Å²) in [5.74, 6) is -0.317. The molecule has 0 aliphatic carbocycles. The molecule has 0 saturated carbocycles. The standard InChI is InChI=1S/C29H36N6O3/c1-19(2)34-15-13-33(14-16-34)18-22-9-7-21(8-10-22)17-30-23-5-4-6-24-27(23)29(38)35(20(3)31-24)25-11-12-26(36)32-28(25)37/h4-10,19,25,30H,11-18H2,1-3H3,(H,32,36,37). The maximum absolute atomic E-state index is 13.6. The van der Waals surface area contributed by atoms with Crippen molar-refractivity contribution in [2.24, 2.45) is 0 Å². The summed E-state index contributed by atoms with van der Waals surface area (Å²) in [6.07, 6.45) is 0.484. The van der Waals surface area contributed by atoms with Gasteiger partial charge in [-0.3, -0.25) is 34.1 Å². The van der Waals surface area contributed by atoms with E-state index in [0.29, 0.717) is 35.0 Å². The lowest BCUT2D eigenvalue weighted by molar-refractivity contribution is -0.135. The van der Waals surface area contributed by atoms with Crippen LogP contribution in [0, 0.1) is 6.92 Å². The first-order valence-corrected chi connectivity index (χ1v) is 13.4. The minimum atomic E-state index is -0.744. The number of aromatic nitrogens is 2. The fourth-order valence-corrected chi connectivity index (χ4v) is 5.45. The van der Waals surface area contributed by atoms with Crippen LogP contribution in [0.25, 0.3) is 10.9 Å². The topological polar surface area (TPSA) is 99.6 Å². The van der Waals surface area contributed by atoms with E-state index in [4.69, 9.17) is 0 Å². The zero-order valence-corrected chi connectivity index (χ0v) is 22.4. The van der Waals surface area contributed by atoms with Gasteiger partial charge in [-0.25, -0.2) is 4.98 Å². The highest BCUT2D eigenvalue weighted by atomic mass is 16.2. The summed E-state index contributed by atoms with van der Waals surface area (Å²) in [7, 11) is 0. The highest BCUT2D eigenvalue weighted by molar-refractivity contribution is 5.99. The molecule has 200 valence electrons. The van der Waals surface area contributed by atoms with Crippen molar-refractivity contribution in [1.82, 2.24) is 24.7 Å². The Morgan fingerprint density at radius 1 is 1.00 bits per heavy atom. The van der Waals surface area contributed by atoms with Crippen LogP contribution in [0.3, 0.4) is 0 Å². The van der Waals surface area contributed by atoms with Gasteiger partial charge in [0, 0.05) is 57.4 Å². The lowest BCUT2D eigenvalue weighted by Gasteiger charge is -2.36. The number of carbonyl (C=O) groups excluding carboxylic acids is 2. The van der Waals surface area contributed by atoms with Crippen LogP contribution in [-0.4, -0.2) is 63.4 Å². The molecule has 2 N–H and O–H groups in total. The van der Waals surface area contributed by atoms with Crippen LogP contribution >= 0.6 is 0 Å². The van der Waals surface area contributed by atoms with Crippen molar-refractivity contribution in [3.05, 3.63) is 69.8 Å². The van der Waals surface area contributed by atoms with Gasteiger partial charge in [0.25, 0.3) is 5.56 Å². The van der Waals surface area contributed by atoms with Crippen molar-refractivity contribution in [3.63, 3.8) is 0 Å². The van der Waals surface area contributed by atoms with Gasteiger partial charge in [-0.2, -0.15) is 0 Å². The number of hydrogen-bond donors (Lipinski definition) is 2. The summed E-state index contributed by atoms with van der Waals surface area (Å²) in [5, 5.41) is 6.19. The van der Waals surface area contributed by atoms with Crippen molar-refractivity contribution < 1.29 is 9.59 Å². The Hall–Kier alpha value is -3.56. The number of imide groups is 1. The molecular formula is C29H36N6O3. The number of piperidine rings is 1. The van der Waals surface area contributed by atoms with E-state index in [1.807, 2.05) is 12.1 Å². The first kappa shape index (κ1) is 26.1. The molecule has 2 aliphatic heterocycles. The molecule has 1 atom stereocenters. The van der Waals surface area contributed by atoms with E-state index in [2.05, 4.69) is 63.5 Å². The van der Waals surface area contributed by atoms with Crippen LogP contribution in [0.15, 0.2) is 47.3 Å². The van der Waals surface area contributed by atoms with E-state index >= 15 is 0 Å². The molecule has 2 aromatic carbocycles. The minimum Gasteiger partial charge on any atom is -0.380 e. The van der Waals surface area contributed by atoms with Crippen LogP contribution in [0.5, 0.6) is 0 Å². The van der Waals surface area contributed by atoms with Crippen LogP contribution in [0.2, 0.25) is 0 Å². The molecule has 2 aliphatic rings. The van der Waals surface area contributed by atoms with Crippen LogP contribution in [-0.2, 0) is 22.7 Å². The van der Waals surface area contributed by atoms with Gasteiger partial charge in [0.15, 0.2) is 0 Å². The molecule has 2 amide bonds. The van der Waals surface area contributed by atoms with Gasteiger partial charge < -0.3 is 5.32 Å². The lowest BCUT2D eigenvalue weighted by atomic mass is 10.1. The molecule has 3 aromatic rings. The van der Waals surface area contributed by atoms with Crippen molar-refractivity contribution in [3.8, 4) is 0 Å². The second kappa shape index (κ2) is 11.0. The number of nitrogens with zero attached hydrogens (tertiary/aromatic N) is 4. The molecule has 2 saturated heterocycles. The second-order valence-corrected chi connectivity index (χ2v) is 10.6. The Balaban J connectivity index is 1.29. The third kappa shape index (κ3) is 5.49. The van der Waals surface area contributed by atoms with Gasteiger partial charge in [0.2, 0.25) is 11.8 Å². The third-order valence-corrected chi connectivity index (χ3v) is 7.68. The maximum Gasteiger partial charge on any atom is 0.264 e. The van der Waals surface area contributed by atoms with Crippen molar-refractivity contribution in [2.75, 3.05) is 31.5 Å². The fourth-order valence-electron chi connectivity index (χ4n) is 5.45. The largest absolute Gasteiger partial charge is 0.380 e. The molecule has 9 nitrogen and oxygen atoms in total. The van der Waals surface area contributed by atoms with E-state index in [9.17, 15) is 14.4 Å². The first-order chi connectivity index (χ1) is 18.3. The van der Waals surface area contributed by atoms with Gasteiger partial charge in [-0.15, -0.1) is 0 Å². The first-order valence-electron chi connectivity index (χ1n) is 13.4. The Morgan fingerprint density at radius 2 is 1.71 bits per heavy atom. The van der Waals surface area contributed by atoms with Gasteiger partial charge in [0.05, 0.1) is 10.9 Å². The van der Waals surface area contributed by atoms with Crippen LogP contribution in [0.4, 0.5) is 5.69 Å². The van der Waals surface area contributed by atoms with E-state index in [1.165, 1.54) is 10.1 Å². The maximum atomic E-state index is 13.6. The third-order valence-electron chi connectivity index (χ3n) is 7.68. The molecule has 1 aromatic heterocycles. The fraction of sp³-hybridized carbons (Fsp3) is 0.448. The quantitative estimate of drug-likeness (QED) is 0.466. The van der Waals surface area contributed by atoms with Crippen molar-refractivity contribution in [2.45, 2.75) is 58.8 Å². The molecule has 0 spiro atoms. The SMILES string of the molecule is Cc1nc2cccc(NCc3ccc(CN4CCN(C(C)C)CC4)cc3)c2c(=O)n1C1CCC(=O)NC1=O. The average molecular weight is 517 g/mol. The Kier molecular flexibility index (Phi) is 7.58. The van der Waals surface area contributed by atoms with E-state index in [0.717, 1.165) is 38.3 Å². The summed E-state index contributed by atoms with van der Waals surface area (Å²) in [6.45, 7) is 12.1. The predicted molar refractivity (Wildman–Crippen MR) is 148 cm³/mol. The second-order valence-electron chi connectivity index (χ2n) is 10.6. The number of rotatable bonds is 7. The molecule has 0 radical (unpaired) electrons. The Bertz CT molecular complexity index is 1390. The van der Waals surface area contributed by atoms with Crippen LogP contribution < -0.4 is 16.2 Å². The van der Waals surface area contributed by atoms with E-state index < -0.39 is 11.9 Å². The number of aryl methyl sites for hydroxylation is 1. The number of nitrogens with one attached hydrogen (secondary N) is 2. The highest BCUT2D eigenvalue weighted by Gasteiger charge is 2.30. The summed E-state index contributed by atoms with van der Waals surface area (Å²) < 4.78 is 1.42. The summed E-state index contributed by atoms with van der Waals surface area (Å²) in [5.41, 5.74) is 3.38. The number of piperazine rings is 1. The number of benzene rings is 2. The van der Waals surface area contributed by atoms with E-state index in [-0.39, 0.29) is 24.3 Å². The Morgan fingerprint density at radius 3 is 2.39 bits per heavy atom. The van der Waals surface area contributed by atoms with Gasteiger partial charge in [-0.1, -0.05) is 30.3 Å². The molecule has 0 bridgehead atoms. The summed E-state index contributed by atoms with van der Waals surface area (Å²) in [4.78, 5) is 47.4. The number of fused-ring (bicyclic) bond motifs is 1. The molecule has 9 heteroatoms. The number of amides is 2. The molecule has 2 fully saturated rings. The molecule has 3 heterocycles. The predicted octanol–water partition coefficient (Wildman–Crippen LogP) is 2.82. The number of carbonyl (C=O) groups is 2. The monoisotopic (exact) mass is 516 g/mol. The molecular weight excluding hydrogens is 480 g/mol. The van der Waals surface area contributed by atoms with Gasteiger partial charge >= 0.3 is 0 Å². The van der Waals surface area contributed by atoms with Crippen molar-refractivity contribution >= 4 is 28.4 Å². The highest BCUT2D eigenvalue weighted by Crippen LogP contribution is 2.24. The molecule has 38 heavy (non-hydrogen) atoms. The summed E-state index contributed by atoms with van der Waals surface area (Å²) >= 11 is 0. The Labute approximate surface area is 222 Å². The zero-order chi connectivity index (χ0) is 26.8. The number of anilines is 1. The molecule has 1 unspecified atom stereocenters. The van der Waals surface area contributed by atoms with E-state index in [1.54, 1.807) is 13.0 Å². The normalized spacial score (nSPS) is 19.2. The zero-order valence-electron chi connectivity index (χ0n) is 22.4. The van der Waals surface area contributed by atoms with Gasteiger partial charge in [-0.05, 0) is 50.5 Å². The van der Waals surface area contributed by atoms with Crippen molar-refractivity contribution in [1.29, 1.82) is 0 Å². The lowest BCUT2D eigenvalue weighted by Crippen LogP contribution is -2.48. The van der Waals surface area contributed by atoms with Gasteiger partial charge in [0.1, 0.15) is 11.9 Å². The minimum absolute atomic E-state index is 0.199.